The molecule has 0 aromatic heterocycles. The van der Waals surface area contributed by atoms with E-state index in [2.05, 4.69) is 0 Å². The Morgan fingerprint density at radius 3 is 2.65 bits per heavy atom. The van der Waals surface area contributed by atoms with Crippen molar-refractivity contribution in [3.8, 4) is 0 Å². The minimum Gasteiger partial charge on any atom is -0.454 e. The lowest BCUT2D eigenvalue weighted by molar-refractivity contribution is -0.227. The molecule has 2 N–H and O–H groups in total. The molecular formula is C13H14O4. The van der Waals surface area contributed by atoms with Crippen molar-refractivity contribution >= 4 is 12.0 Å². The first-order valence-corrected chi connectivity index (χ1v) is 5.47. The van der Waals surface area contributed by atoms with E-state index in [4.69, 9.17) is 4.74 Å². The van der Waals surface area contributed by atoms with Gasteiger partial charge in [0.2, 0.25) is 0 Å². The molecule has 0 amide bonds. The molecule has 0 bridgehead atoms. The van der Waals surface area contributed by atoms with E-state index in [0.29, 0.717) is 6.42 Å². The van der Waals surface area contributed by atoms with E-state index in [9.17, 15) is 15.0 Å². The van der Waals surface area contributed by atoms with Crippen molar-refractivity contribution in [3.63, 3.8) is 0 Å². The summed E-state index contributed by atoms with van der Waals surface area (Å²) < 4.78 is 4.90. The number of rotatable bonds is 2. The zero-order chi connectivity index (χ0) is 12.3. The van der Waals surface area contributed by atoms with Crippen LogP contribution in [0.5, 0.6) is 0 Å². The third-order valence-electron chi connectivity index (χ3n) is 2.67. The summed E-state index contributed by atoms with van der Waals surface area (Å²) in [5.74, 6) is -3.30. The van der Waals surface area contributed by atoms with Crippen LogP contribution in [0.3, 0.4) is 0 Å². The fourth-order valence-electron chi connectivity index (χ4n) is 1.65. The van der Waals surface area contributed by atoms with E-state index in [1.165, 1.54) is 0 Å². The highest BCUT2D eigenvalue weighted by Crippen LogP contribution is 2.23. The molecule has 4 heteroatoms. The molecule has 1 heterocycles. The Hall–Kier alpha value is -1.65. The first-order chi connectivity index (χ1) is 8.08. The lowest BCUT2D eigenvalue weighted by Gasteiger charge is -2.28. The maximum absolute atomic E-state index is 11.2. The first-order valence-electron chi connectivity index (χ1n) is 5.47. The van der Waals surface area contributed by atoms with Crippen LogP contribution >= 0.6 is 0 Å². The van der Waals surface area contributed by atoms with Crippen LogP contribution in [-0.2, 0) is 9.53 Å². The van der Waals surface area contributed by atoms with E-state index in [0.717, 1.165) is 5.56 Å². The largest absolute Gasteiger partial charge is 0.454 e. The number of benzene rings is 1. The molecular weight excluding hydrogens is 220 g/mol. The Labute approximate surface area is 99.2 Å². The smallest absolute Gasteiger partial charge is 0.367 e. The molecule has 1 aliphatic heterocycles. The van der Waals surface area contributed by atoms with Crippen molar-refractivity contribution in [1.29, 1.82) is 0 Å². The zero-order valence-electron chi connectivity index (χ0n) is 9.24. The minimum atomic E-state index is -2.32. The molecule has 1 fully saturated rings. The van der Waals surface area contributed by atoms with E-state index < -0.39 is 17.9 Å². The SMILES string of the molecule is O=C1OC(C=Cc2ccccc2)CCC1(O)O. The predicted octanol–water partition coefficient (Wildman–Crippen LogP) is 1.09. The third kappa shape index (κ3) is 2.93. The average molecular weight is 234 g/mol. The van der Waals surface area contributed by atoms with Crippen LogP contribution in [0.4, 0.5) is 0 Å². The molecule has 0 radical (unpaired) electrons. The van der Waals surface area contributed by atoms with E-state index in [1.54, 1.807) is 6.08 Å². The molecule has 1 saturated heterocycles. The molecule has 1 atom stereocenters. The van der Waals surface area contributed by atoms with Crippen molar-refractivity contribution < 1.29 is 19.7 Å². The molecule has 90 valence electrons. The molecule has 0 aliphatic carbocycles. The fraction of sp³-hybridized carbons (Fsp3) is 0.308. The highest BCUT2D eigenvalue weighted by atomic mass is 16.6. The van der Waals surface area contributed by atoms with Crippen molar-refractivity contribution in [2.24, 2.45) is 0 Å². The maximum atomic E-state index is 11.2. The molecule has 4 nitrogen and oxygen atoms in total. The van der Waals surface area contributed by atoms with Crippen LogP contribution in [-0.4, -0.2) is 28.1 Å². The molecule has 0 saturated carbocycles. The number of carbonyl (C=O) groups is 1. The number of esters is 1. The molecule has 0 spiro atoms. The van der Waals surface area contributed by atoms with Gasteiger partial charge in [0.05, 0.1) is 0 Å². The van der Waals surface area contributed by atoms with Gasteiger partial charge in [0.1, 0.15) is 6.10 Å². The second kappa shape index (κ2) is 4.69. The normalized spacial score (nSPS) is 23.6. The number of aliphatic hydroxyl groups is 2. The van der Waals surface area contributed by atoms with Crippen molar-refractivity contribution in [1.82, 2.24) is 0 Å². The second-order valence-corrected chi connectivity index (χ2v) is 4.07. The van der Waals surface area contributed by atoms with Gasteiger partial charge in [-0.2, -0.15) is 0 Å². The Morgan fingerprint density at radius 1 is 1.29 bits per heavy atom. The van der Waals surface area contributed by atoms with E-state index in [1.807, 2.05) is 36.4 Å². The Kier molecular flexibility index (Phi) is 3.26. The summed E-state index contributed by atoms with van der Waals surface area (Å²) >= 11 is 0. The molecule has 1 unspecified atom stereocenters. The number of hydrogen-bond acceptors (Lipinski definition) is 4. The Bertz CT molecular complexity index is 422. The average Bonchev–Trinajstić information content (AvgIpc) is 2.32. The van der Waals surface area contributed by atoms with Gasteiger partial charge in [0.25, 0.3) is 5.79 Å². The number of hydrogen-bond donors (Lipinski definition) is 2. The van der Waals surface area contributed by atoms with Crippen LogP contribution in [0.15, 0.2) is 36.4 Å². The summed E-state index contributed by atoms with van der Waals surface area (Å²) in [6, 6.07) is 9.62. The summed E-state index contributed by atoms with van der Waals surface area (Å²) in [6.07, 6.45) is 3.61. The lowest BCUT2D eigenvalue weighted by atomic mass is 10.0. The van der Waals surface area contributed by atoms with Gasteiger partial charge < -0.3 is 14.9 Å². The van der Waals surface area contributed by atoms with Crippen molar-refractivity contribution in [2.75, 3.05) is 0 Å². The lowest BCUT2D eigenvalue weighted by Crippen LogP contribution is -2.46. The third-order valence-corrected chi connectivity index (χ3v) is 2.67. The van der Waals surface area contributed by atoms with Crippen LogP contribution in [0.2, 0.25) is 0 Å². The molecule has 17 heavy (non-hydrogen) atoms. The van der Waals surface area contributed by atoms with Gasteiger partial charge in [0, 0.05) is 6.42 Å². The topological polar surface area (TPSA) is 66.8 Å². The van der Waals surface area contributed by atoms with Crippen LogP contribution in [0.1, 0.15) is 18.4 Å². The quantitative estimate of drug-likeness (QED) is 0.593. The van der Waals surface area contributed by atoms with Crippen molar-refractivity contribution in [3.05, 3.63) is 42.0 Å². The summed E-state index contributed by atoms with van der Waals surface area (Å²) in [7, 11) is 0. The van der Waals surface area contributed by atoms with Gasteiger partial charge in [-0.05, 0) is 18.1 Å². The van der Waals surface area contributed by atoms with Crippen LogP contribution in [0, 0.1) is 0 Å². The van der Waals surface area contributed by atoms with Gasteiger partial charge in [-0.3, -0.25) is 0 Å². The number of ether oxygens (including phenoxy) is 1. The molecule has 1 aromatic carbocycles. The summed E-state index contributed by atoms with van der Waals surface area (Å²) in [6.45, 7) is 0. The minimum absolute atomic E-state index is 0.00434. The zero-order valence-corrected chi connectivity index (χ0v) is 9.24. The molecule has 2 rings (SSSR count). The molecule has 1 aliphatic rings. The predicted molar refractivity (Wildman–Crippen MR) is 61.8 cm³/mol. The Morgan fingerprint density at radius 2 is 2.00 bits per heavy atom. The number of cyclic esters (lactones) is 1. The van der Waals surface area contributed by atoms with Gasteiger partial charge in [-0.1, -0.05) is 36.4 Å². The van der Waals surface area contributed by atoms with Gasteiger partial charge in [0.15, 0.2) is 0 Å². The fourth-order valence-corrected chi connectivity index (χ4v) is 1.65. The van der Waals surface area contributed by atoms with Gasteiger partial charge >= 0.3 is 5.97 Å². The maximum Gasteiger partial charge on any atom is 0.367 e. The van der Waals surface area contributed by atoms with E-state index in [-0.39, 0.29) is 6.42 Å². The molecule has 1 aromatic rings. The highest BCUT2D eigenvalue weighted by Gasteiger charge is 2.40. The Balaban J connectivity index is 1.98. The first kappa shape index (κ1) is 11.8. The van der Waals surface area contributed by atoms with Crippen molar-refractivity contribution in [2.45, 2.75) is 24.7 Å². The monoisotopic (exact) mass is 234 g/mol. The summed E-state index contributed by atoms with van der Waals surface area (Å²) in [4.78, 5) is 11.2. The van der Waals surface area contributed by atoms with Crippen LogP contribution in [0.25, 0.3) is 6.08 Å². The summed E-state index contributed by atoms with van der Waals surface area (Å²) in [5.41, 5.74) is 1.01. The second-order valence-electron chi connectivity index (χ2n) is 4.07. The summed E-state index contributed by atoms with van der Waals surface area (Å²) in [5, 5.41) is 18.4. The van der Waals surface area contributed by atoms with E-state index >= 15 is 0 Å². The number of carbonyl (C=O) groups excluding carboxylic acids is 1. The van der Waals surface area contributed by atoms with Gasteiger partial charge in [-0.25, -0.2) is 4.79 Å². The highest BCUT2D eigenvalue weighted by molar-refractivity contribution is 5.78. The van der Waals surface area contributed by atoms with Crippen LogP contribution < -0.4 is 0 Å². The van der Waals surface area contributed by atoms with Gasteiger partial charge in [-0.15, -0.1) is 0 Å². The standard InChI is InChI=1S/C13H14O4/c14-12-13(15,16)9-8-11(17-12)7-6-10-4-2-1-3-5-10/h1-7,11,15-16H,8-9H2.